The van der Waals surface area contributed by atoms with Crippen LogP contribution in [-0.4, -0.2) is 51.1 Å². The summed E-state index contributed by atoms with van der Waals surface area (Å²) in [7, 11) is 0. The van der Waals surface area contributed by atoms with E-state index in [0.717, 1.165) is 44.0 Å². The molecule has 5 aromatic rings. The SMILES string of the molecule is CCNC(=O)O[C@H]1CN[C@@H](C#Cc2cc3ncnc(Nc4ccc5c(cnn5Cc5ccccc5)c4)c3s2)C1. The molecule has 1 fully saturated rings. The van der Waals surface area contributed by atoms with E-state index in [1.165, 1.54) is 5.56 Å². The molecule has 1 saturated heterocycles. The third-order valence-electron chi connectivity index (χ3n) is 6.45. The van der Waals surface area contributed by atoms with Crippen molar-refractivity contribution in [1.82, 2.24) is 30.4 Å². The number of aromatic nitrogens is 4. The Morgan fingerprint density at radius 2 is 2.10 bits per heavy atom. The summed E-state index contributed by atoms with van der Waals surface area (Å²) in [5, 5.41) is 15.1. The van der Waals surface area contributed by atoms with Gasteiger partial charge in [0.25, 0.3) is 0 Å². The second kappa shape index (κ2) is 11.1. The van der Waals surface area contributed by atoms with Gasteiger partial charge in [-0.1, -0.05) is 42.2 Å². The Labute approximate surface area is 229 Å². The minimum atomic E-state index is -0.388. The molecule has 2 atom stereocenters. The quantitative estimate of drug-likeness (QED) is 0.271. The summed E-state index contributed by atoms with van der Waals surface area (Å²) in [6, 6.07) is 18.5. The molecule has 1 aliphatic rings. The minimum Gasteiger partial charge on any atom is -0.445 e. The Morgan fingerprint density at radius 1 is 1.21 bits per heavy atom. The molecule has 196 valence electrons. The Balaban J connectivity index is 1.16. The molecule has 0 saturated carbocycles. The number of amides is 1. The number of anilines is 2. The Kier molecular flexibility index (Phi) is 7.08. The summed E-state index contributed by atoms with van der Waals surface area (Å²) >= 11 is 1.55. The van der Waals surface area contributed by atoms with Gasteiger partial charge in [-0.05, 0) is 36.8 Å². The molecule has 3 N–H and O–H groups in total. The highest BCUT2D eigenvalue weighted by molar-refractivity contribution is 7.20. The van der Waals surface area contributed by atoms with Gasteiger partial charge < -0.3 is 15.4 Å². The van der Waals surface area contributed by atoms with Crippen LogP contribution >= 0.6 is 11.3 Å². The first-order valence-electron chi connectivity index (χ1n) is 12.8. The lowest BCUT2D eigenvalue weighted by molar-refractivity contribution is 0.107. The van der Waals surface area contributed by atoms with E-state index in [-0.39, 0.29) is 18.2 Å². The van der Waals surface area contributed by atoms with Crippen LogP contribution in [0.2, 0.25) is 0 Å². The molecule has 4 heterocycles. The fourth-order valence-electron chi connectivity index (χ4n) is 4.59. The van der Waals surface area contributed by atoms with Gasteiger partial charge in [0.1, 0.15) is 12.4 Å². The monoisotopic (exact) mass is 537 g/mol. The summed E-state index contributed by atoms with van der Waals surface area (Å²) < 4.78 is 8.35. The molecule has 9 nitrogen and oxygen atoms in total. The second-order valence-electron chi connectivity index (χ2n) is 9.26. The predicted octanol–water partition coefficient (Wildman–Crippen LogP) is 4.66. The smallest absolute Gasteiger partial charge is 0.407 e. The topological polar surface area (TPSA) is 106 Å². The van der Waals surface area contributed by atoms with Gasteiger partial charge in [-0.3, -0.25) is 10.00 Å². The molecule has 0 spiro atoms. The van der Waals surface area contributed by atoms with Crippen LogP contribution in [0.3, 0.4) is 0 Å². The molecule has 1 aliphatic heterocycles. The standard InChI is InChI=1S/C29H27N7O2S/c1-2-30-29(37)38-23-13-21(31-16-23)8-10-24-14-25-27(39-24)28(33-18-32-25)35-22-9-11-26-20(12-22)15-34-36(26)17-19-6-4-3-5-7-19/h3-7,9,11-12,14-15,18,21,23,31H,2,13,16-17H2,1H3,(H,30,37)(H,32,33,35)/t21-,23+/m0/s1. The van der Waals surface area contributed by atoms with Gasteiger partial charge in [-0.15, -0.1) is 11.3 Å². The number of carbonyl (C=O) groups excluding carboxylic acids is 1. The fourth-order valence-corrected chi connectivity index (χ4v) is 5.50. The number of nitrogens with one attached hydrogen (secondary N) is 3. The highest BCUT2D eigenvalue weighted by Gasteiger charge is 2.25. The van der Waals surface area contributed by atoms with Crippen LogP contribution in [-0.2, 0) is 11.3 Å². The number of thiophene rings is 1. The molecule has 0 radical (unpaired) electrons. The van der Waals surface area contributed by atoms with Crippen LogP contribution in [0.25, 0.3) is 21.1 Å². The average molecular weight is 538 g/mol. The van der Waals surface area contributed by atoms with E-state index in [1.54, 1.807) is 17.7 Å². The zero-order valence-electron chi connectivity index (χ0n) is 21.3. The van der Waals surface area contributed by atoms with Crippen LogP contribution in [0.4, 0.5) is 16.3 Å². The maximum absolute atomic E-state index is 11.7. The number of nitrogens with zero attached hydrogens (tertiary/aromatic N) is 4. The maximum Gasteiger partial charge on any atom is 0.407 e. The Bertz CT molecular complexity index is 1690. The van der Waals surface area contributed by atoms with Crippen LogP contribution in [0.5, 0.6) is 0 Å². The number of hydrogen-bond donors (Lipinski definition) is 3. The number of hydrogen-bond acceptors (Lipinski definition) is 8. The van der Waals surface area contributed by atoms with Gasteiger partial charge >= 0.3 is 6.09 Å². The highest BCUT2D eigenvalue weighted by Crippen LogP contribution is 2.31. The molecule has 10 heteroatoms. The van der Waals surface area contributed by atoms with Gasteiger partial charge in [-0.2, -0.15) is 5.10 Å². The molecule has 0 unspecified atom stereocenters. The van der Waals surface area contributed by atoms with Gasteiger partial charge in [0.05, 0.1) is 39.4 Å². The lowest BCUT2D eigenvalue weighted by Gasteiger charge is -2.10. The molecule has 3 aromatic heterocycles. The van der Waals surface area contributed by atoms with E-state index in [2.05, 4.69) is 67.1 Å². The predicted molar refractivity (Wildman–Crippen MR) is 153 cm³/mol. The number of rotatable bonds is 6. The third kappa shape index (κ3) is 5.70. The van der Waals surface area contributed by atoms with Crippen LogP contribution in [0, 0.1) is 11.8 Å². The van der Waals surface area contributed by atoms with Crippen molar-refractivity contribution in [2.75, 3.05) is 18.4 Å². The van der Waals surface area contributed by atoms with Crippen molar-refractivity contribution >= 4 is 50.1 Å². The lowest BCUT2D eigenvalue weighted by Crippen LogP contribution is -2.29. The fraction of sp³-hybridized carbons (Fsp3) is 0.241. The number of carbonyl (C=O) groups is 1. The summed E-state index contributed by atoms with van der Waals surface area (Å²) in [6.45, 7) is 3.72. The van der Waals surface area contributed by atoms with Crippen LogP contribution < -0.4 is 16.0 Å². The van der Waals surface area contributed by atoms with Crippen molar-refractivity contribution in [3.05, 3.63) is 77.6 Å². The van der Waals surface area contributed by atoms with Crippen LogP contribution in [0.1, 0.15) is 23.8 Å². The second-order valence-corrected chi connectivity index (χ2v) is 10.3. The molecular formula is C29H27N7O2S. The minimum absolute atomic E-state index is 0.0344. The molecule has 39 heavy (non-hydrogen) atoms. The summed E-state index contributed by atoms with van der Waals surface area (Å²) in [5.41, 5.74) is 4.05. The van der Waals surface area contributed by atoms with Crippen molar-refractivity contribution in [2.24, 2.45) is 0 Å². The maximum atomic E-state index is 11.7. The largest absolute Gasteiger partial charge is 0.445 e. The molecule has 1 amide bonds. The molecule has 0 bridgehead atoms. The van der Waals surface area contributed by atoms with Crippen LogP contribution in [0.15, 0.2) is 67.1 Å². The third-order valence-corrected chi connectivity index (χ3v) is 7.49. The number of ether oxygens (including phenoxy) is 1. The van der Waals surface area contributed by atoms with E-state index in [0.29, 0.717) is 19.5 Å². The van der Waals surface area contributed by atoms with Crippen molar-refractivity contribution in [3.63, 3.8) is 0 Å². The first-order valence-corrected chi connectivity index (χ1v) is 13.7. The summed E-state index contributed by atoms with van der Waals surface area (Å²) in [5.74, 6) is 7.26. The molecular weight excluding hydrogens is 510 g/mol. The van der Waals surface area contributed by atoms with Crippen molar-refractivity contribution < 1.29 is 9.53 Å². The van der Waals surface area contributed by atoms with E-state index in [9.17, 15) is 4.79 Å². The normalized spacial score (nSPS) is 16.6. The Morgan fingerprint density at radius 3 is 2.97 bits per heavy atom. The molecule has 6 rings (SSSR count). The van der Waals surface area contributed by atoms with Gasteiger partial charge in [0, 0.05) is 30.6 Å². The van der Waals surface area contributed by atoms with Gasteiger partial charge in [0.15, 0.2) is 5.82 Å². The van der Waals surface area contributed by atoms with Crippen molar-refractivity contribution in [2.45, 2.75) is 32.0 Å². The zero-order valence-corrected chi connectivity index (χ0v) is 22.2. The van der Waals surface area contributed by atoms with E-state index >= 15 is 0 Å². The lowest BCUT2D eigenvalue weighted by atomic mass is 10.2. The van der Waals surface area contributed by atoms with Gasteiger partial charge in [0.2, 0.25) is 0 Å². The van der Waals surface area contributed by atoms with Crippen molar-refractivity contribution in [1.29, 1.82) is 0 Å². The molecule has 2 aromatic carbocycles. The van der Waals surface area contributed by atoms with E-state index < -0.39 is 0 Å². The van der Waals surface area contributed by atoms with Gasteiger partial charge in [-0.25, -0.2) is 14.8 Å². The summed E-state index contributed by atoms with van der Waals surface area (Å²) in [6.07, 6.45) is 3.54. The highest BCUT2D eigenvalue weighted by atomic mass is 32.1. The zero-order chi connectivity index (χ0) is 26.6. The number of benzene rings is 2. The number of alkyl carbamates (subject to hydrolysis) is 1. The first kappa shape index (κ1) is 24.9. The average Bonchev–Trinajstić information content (AvgIpc) is 3.67. The van der Waals surface area contributed by atoms with E-state index in [1.807, 2.05) is 48.1 Å². The Hall–Kier alpha value is -4.46. The first-order chi connectivity index (χ1) is 19.1. The van der Waals surface area contributed by atoms with E-state index in [4.69, 9.17) is 4.74 Å². The number of fused-ring (bicyclic) bond motifs is 2. The summed E-state index contributed by atoms with van der Waals surface area (Å²) in [4.78, 5) is 21.5. The van der Waals surface area contributed by atoms with Crippen molar-refractivity contribution in [3.8, 4) is 11.8 Å². The molecule has 0 aliphatic carbocycles.